The Balaban J connectivity index is 1.51. The molecule has 1 N–H and O–H groups in total. The van der Waals surface area contributed by atoms with E-state index in [9.17, 15) is 22.4 Å². The lowest BCUT2D eigenvalue weighted by Gasteiger charge is -2.34. The van der Waals surface area contributed by atoms with Gasteiger partial charge >= 0.3 is 0 Å². The van der Waals surface area contributed by atoms with E-state index in [1.807, 2.05) is 13.0 Å². The molecule has 1 aliphatic rings. The predicted octanol–water partition coefficient (Wildman–Crippen LogP) is 3.35. The molecule has 0 aliphatic carbocycles. The Bertz CT molecular complexity index is 1130. The van der Waals surface area contributed by atoms with Crippen molar-refractivity contribution in [1.82, 2.24) is 9.21 Å². The van der Waals surface area contributed by atoms with Gasteiger partial charge in [0.05, 0.1) is 9.92 Å². The number of hydrogen-bond acceptors (Lipinski definition) is 4. The molecule has 10 heteroatoms. The minimum absolute atomic E-state index is 0.00943. The van der Waals surface area contributed by atoms with Crippen LogP contribution in [0.25, 0.3) is 0 Å². The summed E-state index contributed by atoms with van der Waals surface area (Å²) in [6.45, 7) is 4.52. The molecule has 0 atom stereocenters. The first-order valence-corrected chi connectivity index (χ1v) is 12.0. The highest BCUT2D eigenvalue weighted by Crippen LogP contribution is 2.23. The molecule has 0 spiro atoms. The number of aryl methyl sites for hydroxylation is 2. The third-order valence-corrected chi connectivity index (χ3v) is 7.65. The first-order chi connectivity index (χ1) is 15.1. The van der Waals surface area contributed by atoms with Gasteiger partial charge in [-0.3, -0.25) is 9.59 Å². The van der Waals surface area contributed by atoms with Gasteiger partial charge in [-0.05, 0) is 49.2 Å². The topological polar surface area (TPSA) is 86.8 Å². The van der Waals surface area contributed by atoms with E-state index in [-0.39, 0.29) is 54.8 Å². The monoisotopic (exact) mass is 481 g/mol. The molecule has 2 aromatic rings. The fourth-order valence-electron chi connectivity index (χ4n) is 3.48. The first-order valence-electron chi connectivity index (χ1n) is 10.2. The SMILES string of the molecule is Cc1ccc(C)c(S(=O)(=O)N2CCN(C(=O)CCC(=O)Nc3ccc(F)c(Cl)c3)CC2)c1. The van der Waals surface area contributed by atoms with Gasteiger partial charge in [-0.2, -0.15) is 4.31 Å². The molecule has 2 aromatic carbocycles. The highest BCUT2D eigenvalue weighted by molar-refractivity contribution is 7.89. The summed E-state index contributed by atoms with van der Waals surface area (Å²) in [7, 11) is -3.64. The zero-order valence-electron chi connectivity index (χ0n) is 17.9. The van der Waals surface area contributed by atoms with Crippen molar-refractivity contribution in [1.29, 1.82) is 0 Å². The number of anilines is 1. The molecule has 2 amide bonds. The van der Waals surface area contributed by atoms with Crippen LogP contribution in [0, 0.1) is 19.7 Å². The minimum atomic E-state index is -3.64. The Kier molecular flexibility index (Phi) is 7.53. The summed E-state index contributed by atoms with van der Waals surface area (Å²) >= 11 is 5.69. The van der Waals surface area contributed by atoms with Crippen molar-refractivity contribution in [3.63, 3.8) is 0 Å². The van der Waals surface area contributed by atoms with Crippen molar-refractivity contribution < 1.29 is 22.4 Å². The number of halogens is 2. The van der Waals surface area contributed by atoms with Crippen LogP contribution < -0.4 is 5.32 Å². The maximum Gasteiger partial charge on any atom is 0.243 e. The summed E-state index contributed by atoms with van der Waals surface area (Å²) in [6.07, 6.45) is -0.0562. The molecule has 1 heterocycles. The fraction of sp³-hybridized carbons (Fsp3) is 0.364. The molecule has 1 fully saturated rings. The van der Waals surface area contributed by atoms with E-state index in [0.29, 0.717) is 11.3 Å². The Hall–Kier alpha value is -2.49. The lowest BCUT2D eigenvalue weighted by molar-refractivity contribution is -0.133. The highest BCUT2D eigenvalue weighted by Gasteiger charge is 2.31. The molecule has 0 aromatic heterocycles. The molecule has 0 bridgehead atoms. The van der Waals surface area contributed by atoms with Crippen LogP contribution in [0.3, 0.4) is 0 Å². The van der Waals surface area contributed by atoms with Crippen molar-refractivity contribution in [3.05, 3.63) is 58.4 Å². The largest absolute Gasteiger partial charge is 0.340 e. The van der Waals surface area contributed by atoms with Crippen LogP contribution in [0.4, 0.5) is 10.1 Å². The molecule has 172 valence electrons. The van der Waals surface area contributed by atoms with Gasteiger partial charge in [-0.1, -0.05) is 23.7 Å². The van der Waals surface area contributed by atoms with Crippen LogP contribution >= 0.6 is 11.6 Å². The number of sulfonamides is 1. The summed E-state index contributed by atoms with van der Waals surface area (Å²) < 4.78 is 40.6. The van der Waals surface area contributed by atoms with Gasteiger partial charge in [-0.15, -0.1) is 0 Å². The molecule has 3 rings (SSSR count). The number of benzene rings is 2. The summed E-state index contributed by atoms with van der Waals surface area (Å²) in [5.74, 6) is -1.20. The molecule has 0 radical (unpaired) electrons. The second kappa shape index (κ2) is 9.97. The number of nitrogens with zero attached hydrogens (tertiary/aromatic N) is 2. The molecule has 1 aliphatic heterocycles. The van der Waals surface area contributed by atoms with Crippen molar-refractivity contribution in [2.75, 3.05) is 31.5 Å². The van der Waals surface area contributed by atoms with Gasteiger partial charge in [0.15, 0.2) is 0 Å². The number of piperazine rings is 1. The van der Waals surface area contributed by atoms with Gasteiger partial charge in [0.2, 0.25) is 21.8 Å². The van der Waals surface area contributed by atoms with Crippen LogP contribution in [0.2, 0.25) is 5.02 Å². The Morgan fingerprint density at radius 1 is 1.03 bits per heavy atom. The minimum Gasteiger partial charge on any atom is -0.340 e. The second-order valence-corrected chi connectivity index (χ2v) is 10.0. The zero-order valence-corrected chi connectivity index (χ0v) is 19.5. The van der Waals surface area contributed by atoms with Crippen LogP contribution in [0.5, 0.6) is 0 Å². The second-order valence-electron chi connectivity index (χ2n) is 7.73. The predicted molar refractivity (Wildman–Crippen MR) is 121 cm³/mol. The molecular weight excluding hydrogens is 457 g/mol. The quantitative estimate of drug-likeness (QED) is 0.685. The third-order valence-electron chi connectivity index (χ3n) is 5.32. The normalized spacial score (nSPS) is 14.9. The van der Waals surface area contributed by atoms with Gasteiger partial charge in [0, 0.05) is 44.7 Å². The lowest BCUT2D eigenvalue weighted by Crippen LogP contribution is -2.50. The number of rotatable bonds is 6. The van der Waals surface area contributed by atoms with Crippen molar-refractivity contribution in [2.45, 2.75) is 31.6 Å². The summed E-state index contributed by atoms with van der Waals surface area (Å²) in [5, 5.41) is 2.47. The van der Waals surface area contributed by atoms with E-state index in [2.05, 4.69) is 5.32 Å². The molecular formula is C22H25ClFN3O4S. The number of hydrogen-bond donors (Lipinski definition) is 1. The molecule has 7 nitrogen and oxygen atoms in total. The fourth-order valence-corrected chi connectivity index (χ4v) is 5.39. The Morgan fingerprint density at radius 3 is 2.38 bits per heavy atom. The van der Waals surface area contributed by atoms with E-state index in [4.69, 9.17) is 11.6 Å². The molecule has 0 unspecified atom stereocenters. The summed E-state index contributed by atoms with van der Waals surface area (Å²) in [5.41, 5.74) is 1.89. The van der Waals surface area contributed by atoms with Crippen LogP contribution in [-0.2, 0) is 19.6 Å². The zero-order chi connectivity index (χ0) is 23.5. The van der Waals surface area contributed by atoms with E-state index in [0.717, 1.165) is 11.6 Å². The standard InChI is InChI=1S/C22H25ClFN3O4S/c1-15-3-4-16(2)20(13-15)32(30,31)27-11-9-26(10-12-27)22(29)8-7-21(28)25-17-5-6-19(24)18(23)14-17/h3-6,13-14H,7-12H2,1-2H3,(H,25,28). The maximum absolute atomic E-state index is 13.2. The first kappa shape index (κ1) is 24.2. The maximum atomic E-state index is 13.2. The number of nitrogens with one attached hydrogen (secondary N) is 1. The summed E-state index contributed by atoms with van der Waals surface area (Å²) in [4.78, 5) is 26.4. The van der Waals surface area contributed by atoms with Gasteiger partial charge in [0.25, 0.3) is 0 Å². The smallest absolute Gasteiger partial charge is 0.243 e. The molecule has 1 saturated heterocycles. The van der Waals surface area contributed by atoms with Crippen LogP contribution in [0.1, 0.15) is 24.0 Å². The average Bonchev–Trinajstić information content (AvgIpc) is 2.76. The van der Waals surface area contributed by atoms with Crippen molar-refractivity contribution >= 4 is 39.1 Å². The summed E-state index contributed by atoms with van der Waals surface area (Å²) in [6, 6.07) is 9.14. The van der Waals surface area contributed by atoms with Crippen molar-refractivity contribution in [2.24, 2.45) is 0 Å². The molecule has 0 saturated carbocycles. The van der Waals surface area contributed by atoms with Gasteiger partial charge in [0.1, 0.15) is 5.82 Å². The van der Waals surface area contributed by atoms with Gasteiger partial charge < -0.3 is 10.2 Å². The Labute approximate surface area is 192 Å². The number of amides is 2. The van der Waals surface area contributed by atoms with E-state index in [1.54, 1.807) is 24.0 Å². The number of carbonyl (C=O) groups is 2. The average molecular weight is 482 g/mol. The van der Waals surface area contributed by atoms with E-state index >= 15 is 0 Å². The van der Waals surface area contributed by atoms with E-state index in [1.165, 1.54) is 16.4 Å². The van der Waals surface area contributed by atoms with Gasteiger partial charge in [-0.25, -0.2) is 12.8 Å². The van der Waals surface area contributed by atoms with Crippen LogP contribution in [0.15, 0.2) is 41.3 Å². The highest BCUT2D eigenvalue weighted by atomic mass is 35.5. The lowest BCUT2D eigenvalue weighted by atomic mass is 10.2. The van der Waals surface area contributed by atoms with Crippen molar-refractivity contribution in [3.8, 4) is 0 Å². The molecule has 32 heavy (non-hydrogen) atoms. The number of carbonyl (C=O) groups excluding carboxylic acids is 2. The van der Waals surface area contributed by atoms with E-state index < -0.39 is 21.7 Å². The van der Waals surface area contributed by atoms with Crippen LogP contribution in [-0.4, -0.2) is 55.6 Å². The third kappa shape index (κ3) is 5.65. The Morgan fingerprint density at radius 2 is 1.72 bits per heavy atom.